The number of carbonyl (C=O) groups excluding carboxylic acids is 2. The number of hydrogen-bond donors (Lipinski definition) is 2. The number of carbonyl (C=O) groups is 2. The third-order valence-corrected chi connectivity index (χ3v) is 3.61. The highest BCUT2D eigenvalue weighted by atomic mass is 16.5. The molecule has 126 valence electrons. The molecule has 0 aromatic heterocycles. The van der Waals surface area contributed by atoms with Crippen molar-refractivity contribution < 1.29 is 24.5 Å². The van der Waals surface area contributed by atoms with Crippen LogP contribution in [0, 0.1) is 0 Å². The lowest BCUT2D eigenvalue weighted by atomic mass is 9.92. The average Bonchev–Trinajstić information content (AvgIpc) is 2.61. The van der Waals surface area contributed by atoms with Crippen molar-refractivity contribution in [2.45, 2.75) is 25.6 Å². The first-order valence-electron chi connectivity index (χ1n) is 7.75. The van der Waals surface area contributed by atoms with Crippen LogP contribution in [0.4, 0.5) is 0 Å². The van der Waals surface area contributed by atoms with E-state index in [9.17, 15) is 19.8 Å². The van der Waals surface area contributed by atoms with Gasteiger partial charge in [0, 0.05) is 11.1 Å². The molecule has 0 aliphatic heterocycles. The van der Waals surface area contributed by atoms with Crippen LogP contribution in [0.5, 0.6) is 0 Å². The maximum Gasteiger partial charge on any atom is 0.308 e. The fraction of sp³-hybridized carbons (Fsp3) is 0.263. The molecular weight excluding hydrogens is 308 g/mol. The Morgan fingerprint density at radius 3 is 2.29 bits per heavy atom. The molecule has 2 aromatic carbocycles. The van der Waals surface area contributed by atoms with Gasteiger partial charge in [-0.3, -0.25) is 9.59 Å². The van der Waals surface area contributed by atoms with Gasteiger partial charge in [0.25, 0.3) is 0 Å². The number of aliphatic hydroxyl groups excluding tert-OH is 2. The van der Waals surface area contributed by atoms with Crippen molar-refractivity contribution in [3.63, 3.8) is 0 Å². The van der Waals surface area contributed by atoms with Crippen LogP contribution < -0.4 is 0 Å². The second-order valence-corrected chi connectivity index (χ2v) is 5.30. The number of aliphatic hydroxyl groups is 2. The van der Waals surface area contributed by atoms with Gasteiger partial charge < -0.3 is 14.9 Å². The summed E-state index contributed by atoms with van der Waals surface area (Å²) in [5.74, 6) is -0.857. The molecule has 0 aliphatic rings. The Bertz CT molecular complexity index is 696. The van der Waals surface area contributed by atoms with Crippen molar-refractivity contribution in [3.05, 3.63) is 71.3 Å². The normalized spacial score (nSPS) is 13.1. The van der Waals surface area contributed by atoms with Gasteiger partial charge in [-0.1, -0.05) is 54.6 Å². The van der Waals surface area contributed by atoms with E-state index in [2.05, 4.69) is 0 Å². The van der Waals surface area contributed by atoms with Crippen LogP contribution in [-0.2, 0) is 9.53 Å². The predicted molar refractivity (Wildman–Crippen MR) is 88.5 cm³/mol. The second kappa shape index (κ2) is 8.38. The molecule has 0 saturated heterocycles. The predicted octanol–water partition coefficient (Wildman–Crippen LogP) is 2.27. The lowest BCUT2D eigenvalue weighted by molar-refractivity contribution is -0.147. The van der Waals surface area contributed by atoms with E-state index in [1.807, 2.05) is 0 Å². The highest BCUT2D eigenvalue weighted by Gasteiger charge is 2.26. The van der Waals surface area contributed by atoms with Crippen molar-refractivity contribution in [1.82, 2.24) is 0 Å². The number of ketones is 1. The summed E-state index contributed by atoms with van der Waals surface area (Å²) in [6, 6.07) is 15.2. The van der Waals surface area contributed by atoms with Crippen LogP contribution in [0.2, 0.25) is 0 Å². The summed E-state index contributed by atoms with van der Waals surface area (Å²) < 4.78 is 4.77. The molecule has 2 unspecified atom stereocenters. The zero-order chi connectivity index (χ0) is 17.5. The average molecular weight is 328 g/mol. The van der Waals surface area contributed by atoms with Crippen LogP contribution in [0.25, 0.3) is 0 Å². The highest BCUT2D eigenvalue weighted by molar-refractivity contribution is 6.10. The van der Waals surface area contributed by atoms with Gasteiger partial charge in [-0.2, -0.15) is 0 Å². The zero-order valence-electron chi connectivity index (χ0n) is 13.4. The minimum absolute atomic E-state index is 0.199. The lowest BCUT2D eigenvalue weighted by Gasteiger charge is -2.20. The smallest absolute Gasteiger partial charge is 0.308 e. The molecule has 2 aromatic rings. The summed E-state index contributed by atoms with van der Waals surface area (Å²) in [5, 5.41) is 20.5. The largest absolute Gasteiger partial charge is 0.466 e. The topological polar surface area (TPSA) is 83.8 Å². The Kier molecular flexibility index (Phi) is 6.23. The molecule has 5 heteroatoms. The van der Waals surface area contributed by atoms with Crippen LogP contribution in [-0.4, -0.2) is 34.7 Å². The van der Waals surface area contributed by atoms with Gasteiger partial charge in [0.2, 0.25) is 0 Å². The molecule has 0 saturated carbocycles. The molecule has 0 radical (unpaired) electrons. The summed E-state index contributed by atoms with van der Waals surface area (Å²) in [4.78, 5) is 24.1. The Labute approximate surface area is 140 Å². The third kappa shape index (κ3) is 4.28. The first-order valence-corrected chi connectivity index (χ1v) is 7.75. The van der Waals surface area contributed by atoms with Gasteiger partial charge in [0.1, 0.15) is 6.10 Å². The number of esters is 1. The Balaban J connectivity index is 2.25. The van der Waals surface area contributed by atoms with Crippen LogP contribution in [0.3, 0.4) is 0 Å². The maximum atomic E-state index is 12.6. The van der Waals surface area contributed by atoms with Gasteiger partial charge in [0.15, 0.2) is 5.78 Å². The highest BCUT2D eigenvalue weighted by Crippen LogP contribution is 2.25. The van der Waals surface area contributed by atoms with E-state index in [-0.39, 0.29) is 24.4 Å². The third-order valence-electron chi connectivity index (χ3n) is 3.61. The summed E-state index contributed by atoms with van der Waals surface area (Å²) in [7, 11) is 0. The Hall–Kier alpha value is -2.50. The van der Waals surface area contributed by atoms with Crippen LogP contribution in [0.1, 0.15) is 40.9 Å². The molecular formula is C19H20O5. The van der Waals surface area contributed by atoms with Crippen molar-refractivity contribution in [1.29, 1.82) is 0 Å². The summed E-state index contributed by atoms with van der Waals surface area (Å²) in [6.45, 7) is 1.86. The van der Waals surface area contributed by atoms with Gasteiger partial charge in [-0.15, -0.1) is 0 Å². The molecule has 0 bridgehead atoms. The number of hydrogen-bond acceptors (Lipinski definition) is 5. The van der Waals surface area contributed by atoms with Gasteiger partial charge in [-0.25, -0.2) is 0 Å². The molecule has 0 aliphatic carbocycles. The second-order valence-electron chi connectivity index (χ2n) is 5.30. The number of rotatable bonds is 7. The van der Waals surface area contributed by atoms with Crippen LogP contribution >= 0.6 is 0 Å². The molecule has 0 spiro atoms. The molecule has 5 nitrogen and oxygen atoms in total. The SMILES string of the molecule is CCOC(=O)CC(O)C(O)c1ccccc1C(=O)c1ccccc1. The maximum absolute atomic E-state index is 12.6. The Morgan fingerprint density at radius 2 is 1.62 bits per heavy atom. The first-order chi connectivity index (χ1) is 11.5. The summed E-state index contributed by atoms with van der Waals surface area (Å²) in [5.41, 5.74) is 1.05. The molecule has 24 heavy (non-hydrogen) atoms. The lowest BCUT2D eigenvalue weighted by Crippen LogP contribution is -2.24. The quantitative estimate of drug-likeness (QED) is 0.602. The van der Waals surface area contributed by atoms with Crippen molar-refractivity contribution in [2.24, 2.45) is 0 Å². The minimum Gasteiger partial charge on any atom is -0.466 e. The molecule has 2 rings (SSSR count). The molecule has 0 fully saturated rings. The van der Waals surface area contributed by atoms with E-state index in [1.165, 1.54) is 0 Å². The van der Waals surface area contributed by atoms with Gasteiger partial charge >= 0.3 is 5.97 Å². The monoisotopic (exact) mass is 328 g/mol. The summed E-state index contributed by atoms with van der Waals surface area (Å²) in [6.07, 6.45) is -3.06. The van der Waals surface area contributed by atoms with Gasteiger partial charge in [-0.05, 0) is 12.5 Å². The van der Waals surface area contributed by atoms with E-state index in [0.29, 0.717) is 11.1 Å². The van der Waals surface area contributed by atoms with Crippen LogP contribution in [0.15, 0.2) is 54.6 Å². The van der Waals surface area contributed by atoms with Crippen molar-refractivity contribution in [2.75, 3.05) is 6.61 Å². The standard InChI is InChI=1S/C19H20O5/c1-2-24-17(21)12-16(20)19(23)15-11-7-6-10-14(15)18(22)13-8-4-3-5-9-13/h3-11,16,19-20,23H,2,12H2,1H3. The van der Waals surface area contributed by atoms with Gasteiger partial charge in [0.05, 0.1) is 19.1 Å². The summed E-state index contributed by atoms with van der Waals surface area (Å²) >= 11 is 0. The van der Waals surface area contributed by atoms with E-state index in [1.54, 1.807) is 61.5 Å². The van der Waals surface area contributed by atoms with E-state index in [4.69, 9.17) is 4.74 Å². The number of benzene rings is 2. The Morgan fingerprint density at radius 1 is 1.00 bits per heavy atom. The molecule has 0 amide bonds. The molecule has 2 atom stereocenters. The van der Waals surface area contributed by atoms with E-state index < -0.39 is 18.2 Å². The number of ether oxygens (including phenoxy) is 1. The molecule has 2 N–H and O–H groups in total. The fourth-order valence-corrected chi connectivity index (χ4v) is 2.42. The zero-order valence-corrected chi connectivity index (χ0v) is 13.4. The van der Waals surface area contributed by atoms with E-state index >= 15 is 0 Å². The van der Waals surface area contributed by atoms with Crippen molar-refractivity contribution >= 4 is 11.8 Å². The fourth-order valence-electron chi connectivity index (χ4n) is 2.42. The van der Waals surface area contributed by atoms with E-state index in [0.717, 1.165) is 0 Å². The minimum atomic E-state index is -1.36. The first kappa shape index (κ1) is 17.8. The molecule has 0 heterocycles. The van der Waals surface area contributed by atoms with Crippen molar-refractivity contribution in [3.8, 4) is 0 Å².